The summed E-state index contributed by atoms with van der Waals surface area (Å²) in [5.41, 5.74) is 5.87. The first-order valence-corrected chi connectivity index (χ1v) is 6.69. The van der Waals surface area contributed by atoms with E-state index in [9.17, 15) is 9.18 Å². The predicted octanol–water partition coefficient (Wildman–Crippen LogP) is 0.676. The van der Waals surface area contributed by atoms with Gasteiger partial charge in [0, 0.05) is 25.9 Å². The number of ether oxygens (including phenoxy) is 1. The second kappa shape index (κ2) is 8.56. The number of carbonyl (C=O) groups excluding carboxylic acids is 1. The number of anilines is 2. The molecule has 21 heavy (non-hydrogen) atoms. The van der Waals surface area contributed by atoms with Gasteiger partial charge in [-0.1, -0.05) is 0 Å². The minimum Gasteiger partial charge on any atom is -0.396 e. The number of nitrogen functional groups attached to an aromatic ring is 1. The van der Waals surface area contributed by atoms with Gasteiger partial charge in [-0.15, -0.1) is 0 Å². The fourth-order valence-electron chi connectivity index (χ4n) is 1.87. The molecule has 0 bridgehead atoms. The second-order valence-corrected chi connectivity index (χ2v) is 4.65. The molecule has 0 fully saturated rings. The molecule has 0 radical (unpaired) electrons. The Morgan fingerprint density at radius 1 is 1.52 bits per heavy atom. The lowest BCUT2D eigenvalue weighted by Gasteiger charge is -2.27. The molecule has 4 N–H and O–H groups in total. The summed E-state index contributed by atoms with van der Waals surface area (Å²) in [6.45, 7) is 3.03. The van der Waals surface area contributed by atoms with E-state index < -0.39 is 11.9 Å². The molecular weight excluding hydrogens is 277 g/mol. The highest BCUT2D eigenvalue weighted by molar-refractivity contribution is 5.94. The molecule has 1 amide bonds. The third kappa shape index (κ3) is 5.30. The van der Waals surface area contributed by atoms with Gasteiger partial charge < -0.3 is 20.9 Å². The molecule has 118 valence electrons. The molecule has 1 rings (SSSR count). The quantitative estimate of drug-likeness (QED) is 0.614. The minimum atomic E-state index is -0.525. The molecule has 7 heteroatoms. The van der Waals surface area contributed by atoms with Crippen LogP contribution in [0.2, 0.25) is 0 Å². The van der Waals surface area contributed by atoms with Crippen LogP contribution in [0.5, 0.6) is 0 Å². The molecule has 0 aliphatic carbocycles. The lowest BCUT2D eigenvalue weighted by atomic mass is 10.2. The van der Waals surface area contributed by atoms with E-state index in [4.69, 9.17) is 15.6 Å². The number of nitrogens with zero attached hydrogens (tertiary/aromatic N) is 1. The summed E-state index contributed by atoms with van der Waals surface area (Å²) < 4.78 is 18.1. The largest absolute Gasteiger partial charge is 0.396 e. The third-order valence-electron chi connectivity index (χ3n) is 3.16. The number of rotatable bonds is 8. The highest BCUT2D eigenvalue weighted by atomic mass is 19.1. The molecule has 6 nitrogen and oxygen atoms in total. The van der Waals surface area contributed by atoms with E-state index in [1.807, 2.05) is 0 Å². The van der Waals surface area contributed by atoms with Gasteiger partial charge in [0.2, 0.25) is 5.91 Å². The van der Waals surface area contributed by atoms with Gasteiger partial charge in [0.25, 0.3) is 0 Å². The number of benzene rings is 1. The van der Waals surface area contributed by atoms with Crippen molar-refractivity contribution < 1.29 is 19.0 Å². The van der Waals surface area contributed by atoms with E-state index in [1.165, 1.54) is 18.2 Å². The fraction of sp³-hybridized carbons (Fsp3) is 0.500. The van der Waals surface area contributed by atoms with Crippen LogP contribution in [0, 0.1) is 5.82 Å². The zero-order chi connectivity index (χ0) is 15.8. The first-order chi connectivity index (χ1) is 9.99. The van der Waals surface area contributed by atoms with Crippen molar-refractivity contribution in [2.75, 3.05) is 44.5 Å². The Bertz CT molecular complexity index is 471. The van der Waals surface area contributed by atoms with Gasteiger partial charge in [-0.2, -0.15) is 0 Å². The van der Waals surface area contributed by atoms with E-state index in [1.54, 1.807) is 18.9 Å². The summed E-state index contributed by atoms with van der Waals surface area (Å²) in [5.74, 6) is -0.784. The number of nitrogens with two attached hydrogens (primary N) is 1. The molecule has 0 heterocycles. The Hall–Kier alpha value is -1.70. The van der Waals surface area contributed by atoms with Crippen LogP contribution in [0.25, 0.3) is 0 Å². The van der Waals surface area contributed by atoms with Gasteiger partial charge in [0.05, 0.1) is 24.9 Å². The topological polar surface area (TPSA) is 87.8 Å². The van der Waals surface area contributed by atoms with Crippen molar-refractivity contribution in [3.63, 3.8) is 0 Å². The Balaban J connectivity index is 2.68. The summed E-state index contributed by atoms with van der Waals surface area (Å²) in [6.07, 6.45) is 0. The highest BCUT2D eigenvalue weighted by Gasteiger charge is 2.20. The average Bonchev–Trinajstić information content (AvgIpc) is 2.46. The van der Waals surface area contributed by atoms with Crippen LogP contribution in [0.3, 0.4) is 0 Å². The molecule has 0 spiro atoms. The molecule has 0 saturated heterocycles. The first-order valence-electron chi connectivity index (χ1n) is 6.69. The van der Waals surface area contributed by atoms with Gasteiger partial charge in [-0.3, -0.25) is 9.69 Å². The molecule has 0 aromatic heterocycles. The standard InChI is InChI=1S/C14H22FN3O3/c1-10(18(5-7-19)6-8-21-2)14(20)17-11-3-4-12(15)13(16)9-11/h3-4,9-10,19H,5-8,16H2,1-2H3,(H,17,20). The summed E-state index contributed by atoms with van der Waals surface area (Å²) in [5, 5.41) is 11.7. The minimum absolute atomic E-state index is 0.0212. The number of carbonyl (C=O) groups is 1. The molecule has 0 aliphatic rings. The summed E-state index contributed by atoms with van der Waals surface area (Å²) in [4.78, 5) is 14.0. The monoisotopic (exact) mass is 299 g/mol. The normalized spacial score (nSPS) is 12.4. The van der Waals surface area contributed by atoms with Crippen LogP contribution in [-0.2, 0) is 9.53 Å². The smallest absolute Gasteiger partial charge is 0.241 e. The van der Waals surface area contributed by atoms with E-state index in [0.717, 1.165) is 0 Å². The van der Waals surface area contributed by atoms with Gasteiger partial charge in [-0.25, -0.2) is 4.39 Å². The maximum atomic E-state index is 13.1. The maximum absolute atomic E-state index is 13.1. The Morgan fingerprint density at radius 2 is 2.24 bits per heavy atom. The number of amides is 1. The maximum Gasteiger partial charge on any atom is 0.241 e. The van der Waals surface area contributed by atoms with Gasteiger partial charge in [0.1, 0.15) is 5.82 Å². The zero-order valence-electron chi connectivity index (χ0n) is 12.3. The van der Waals surface area contributed by atoms with Gasteiger partial charge in [-0.05, 0) is 25.1 Å². The average molecular weight is 299 g/mol. The molecule has 0 aliphatic heterocycles. The van der Waals surface area contributed by atoms with Crippen LogP contribution in [0.1, 0.15) is 6.92 Å². The number of halogens is 1. The van der Waals surface area contributed by atoms with Crippen molar-refractivity contribution >= 4 is 17.3 Å². The van der Waals surface area contributed by atoms with E-state index in [0.29, 0.717) is 25.4 Å². The fourth-order valence-corrected chi connectivity index (χ4v) is 1.87. The molecule has 1 atom stereocenters. The number of hydrogen-bond acceptors (Lipinski definition) is 5. The second-order valence-electron chi connectivity index (χ2n) is 4.65. The SMILES string of the molecule is COCCN(CCO)C(C)C(=O)Nc1ccc(F)c(N)c1. The zero-order valence-corrected chi connectivity index (χ0v) is 12.3. The molecule has 0 saturated carbocycles. The lowest BCUT2D eigenvalue weighted by Crippen LogP contribution is -2.44. The lowest BCUT2D eigenvalue weighted by molar-refractivity contribution is -0.121. The molecular formula is C14H22FN3O3. The number of methoxy groups -OCH3 is 1. The van der Waals surface area contributed by atoms with Crippen LogP contribution in [0.4, 0.5) is 15.8 Å². The van der Waals surface area contributed by atoms with Crippen molar-refractivity contribution in [2.45, 2.75) is 13.0 Å². The van der Waals surface area contributed by atoms with Crippen molar-refractivity contribution in [2.24, 2.45) is 0 Å². The highest BCUT2D eigenvalue weighted by Crippen LogP contribution is 2.16. The Morgan fingerprint density at radius 3 is 2.81 bits per heavy atom. The van der Waals surface area contributed by atoms with Crippen molar-refractivity contribution in [3.05, 3.63) is 24.0 Å². The van der Waals surface area contributed by atoms with Crippen LogP contribution in [0.15, 0.2) is 18.2 Å². The Labute approximate surface area is 123 Å². The number of aliphatic hydroxyl groups is 1. The van der Waals surface area contributed by atoms with Crippen molar-refractivity contribution in [1.29, 1.82) is 0 Å². The molecule has 1 unspecified atom stereocenters. The van der Waals surface area contributed by atoms with Crippen LogP contribution in [-0.4, -0.2) is 55.4 Å². The molecule has 1 aromatic rings. The number of nitrogens with one attached hydrogen (secondary N) is 1. The van der Waals surface area contributed by atoms with Crippen molar-refractivity contribution in [1.82, 2.24) is 4.90 Å². The molecule has 1 aromatic carbocycles. The van der Waals surface area contributed by atoms with E-state index >= 15 is 0 Å². The van der Waals surface area contributed by atoms with Crippen LogP contribution < -0.4 is 11.1 Å². The summed E-state index contributed by atoms with van der Waals surface area (Å²) >= 11 is 0. The van der Waals surface area contributed by atoms with E-state index in [2.05, 4.69) is 5.32 Å². The Kier molecular flexibility index (Phi) is 7.07. The van der Waals surface area contributed by atoms with Gasteiger partial charge in [0.15, 0.2) is 0 Å². The summed E-state index contributed by atoms with van der Waals surface area (Å²) in [7, 11) is 1.57. The summed E-state index contributed by atoms with van der Waals surface area (Å²) in [6, 6.07) is 3.55. The van der Waals surface area contributed by atoms with Crippen LogP contribution >= 0.6 is 0 Å². The van der Waals surface area contributed by atoms with Crippen molar-refractivity contribution in [3.8, 4) is 0 Å². The van der Waals surface area contributed by atoms with E-state index in [-0.39, 0.29) is 18.2 Å². The van der Waals surface area contributed by atoms with Gasteiger partial charge >= 0.3 is 0 Å². The first kappa shape index (κ1) is 17.4. The third-order valence-corrected chi connectivity index (χ3v) is 3.16. The predicted molar refractivity (Wildman–Crippen MR) is 79.4 cm³/mol. The number of aliphatic hydroxyl groups excluding tert-OH is 1. The number of hydrogen-bond donors (Lipinski definition) is 3.